The van der Waals surface area contributed by atoms with Gasteiger partial charge < -0.3 is 19.1 Å². The molecular formula is C49H43ClN8O8S. The highest BCUT2D eigenvalue weighted by atomic mass is 35.5. The van der Waals surface area contributed by atoms with Gasteiger partial charge in [-0.2, -0.15) is 5.10 Å². The first kappa shape index (κ1) is 42.4. The number of hydrogen-bond acceptors (Lipinski definition) is 11. The Morgan fingerprint density at radius 1 is 0.925 bits per heavy atom. The quantitative estimate of drug-likeness (QED) is 0.129. The van der Waals surface area contributed by atoms with Crippen molar-refractivity contribution >= 4 is 72.5 Å². The maximum atomic E-state index is 15.5. The van der Waals surface area contributed by atoms with Crippen LogP contribution >= 0.6 is 22.9 Å². The predicted molar refractivity (Wildman–Crippen MR) is 255 cm³/mol. The molecule has 8 aromatic rings. The van der Waals surface area contributed by atoms with Gasteiger partial charge in [-0.1, -0.05) is 48.0 Å². The lowest BCUT2D eigenvalue weighted by Crippen LogP contribution is -2.49. The third kappa shape index (κ3) is 5.99. The molecule has 3 aliphatic rings. The lowest BCUT2D eigenvalue weighted by molar-refractivity contribution is -0.129. The van der Waals surface area contributed by atoms with Crippen LogP contribution in [-0.4, -0.2) is 64.4 Å². The van der Waals surface area contributed by atoms with Crippen LogP contribution in [0.2, 0.25) is 5.02 Å². The number of aryl methyl sites for hydroxylation is 4. The highest BCUT2D eigenvalue weighted by Gasteiger charge is 2.66. The van der Waals surface area contributed by atoms with Gasteiger partial charge in [0, 0.05) is 66.5 Å². The second-order valence-corrected chi connectivity index (χ2v) is 19.1. The van der Waals surface area contributed by atoms with E-state index in [9.17, 15) is 19.5 Å². The van der Waals surface area contributed by atoms with Crippen LogP contribution < -0.4 is 31.3 Å². The summed E-state index contributed by atoms with van der Waals surface area (Å²) < 4.78 is 18.7. The van der Waals surface area contributed by atoms with E-state index < -0.39 is 52.0 Å². The van der Waals surface area contributed by atoms with Crippen molar-refractivity contribution in [2.75, 3.05) is 19.1 Å². The van der Waals surface area contributed by atoms with Gasteiger partial charge in [0.1, 0.15) is 23.0 Å². The number of rotatable bonds is 8. The van der Waals surface area contributed by atoms with Crippen molar-refractivity contribution in [2.24, 2.45) is 25.4 Å². The number of halogens is 1. The van der Waals surface area contributed by atoms with Crippen molar-refractivity contribution in [1.82, 2.24) is 33.3 Å². The van der Waals surface area contributed by atoms with Gasteiger partial charge in [0.25, 0.3) is 5.56 Å². The van der Waals surface area contributed by atoms with Crippen LogP contribution in [0.3, 0.4) is 0 Å². The number of hydrogen-bond donors (Lipinski definition) is 1. The zero-order valence-corrected chi connectivity index (χ0v) is 38.8. The van der Waals surface area contributed by atoms with E-state index in [4.69, 9.17) is 26.2 Å². The molecule has 0 bridgehead atoms. The Labute approximate surface area is 390 Å². The zero-order valence-electron chi connectivity index (χ0n) is 37.2. The van der Waals surface area contributed by atoms with Crippen LogP contribution in [0.5, 0.6) is 17.2 Å². The van der Waals surface area contributed by atoms with E-state index >= 15 is 9.59 Å². The largest absolute Gasteiger partial charge is 0.508 e. The number of methoxy groups -OCH3 is 2. The van der Waals surface area contributed by atoms with Gasteiger partial charge in [-0.15, -0.1) is 11.3 Å². The first-order valence-corrected chi connectivity index (χ1v) is 22.9. The lowest BCUT2D eigenvalue weighted by Gasteiger charge is -2.47. The molecule has 6 heterocycles. The number of thiophene rings is 1. The van der Waals surface area contributed by atoms with Gasteiger partial charge in [-0.3, -0.25) is 19.1 Å². The van der Waals surface area contributed by atoms with E-state index in [1.54, 1.807) is 62.7 Å². The fourth-order valence-corrected chi connectivity index (χ4v) is 12.3. The molecule has 67 heavy (non-hydrogen) atoms. The van der Waals surface area contributed by atoms with Crippen LogP contribution in [0.4, 0.5) is 5.82 Å². The van der Waals surface area contributed by atoms with E-state index in [2.05, 4.69) is 4.98 Å². The number of anilines is 1. The molecular weight excluding hydrogens is 896 g/mol. The van der Waals surface area contributed by atoms with E-state index in [0.717, 1.165) is 30.5 Å². The Morgan fingerprint density at radius 2 is 1.69 bits per heavy atom. The monoisotopic (exact) mass is 938 g/mol. The normalized spacial score (nSPS) is 20.1. The highest BCUT2D eigenvalue weighted by Crippen LogP contribution is 2.63. The SMILES string of the molecule is COc1cc2nc(CCn3c(=O)n4n(c3=O)C3CC5C(=O)N(c6cc(-c7sc8ccc(Cl)cc8c7C)nn6C)C(=O)C5(C)C(c5c(O)ccc6ccccc56)C3=CC4)c(=O)n(C)c2cc1OC. The Kier molecular flexibility index (Phi) is 9.59. The van der Waals surface area contributed by atoms with Crippen molar-refractivity contribution in [3.8, 4) is 27.8 Å². The molecule has 4 atom stereocenters. The second kappa shape index (κ2) is 15.1. The van der Waals surface area contributed by atoms with Crippen molar-refractivity contribution in [2.45, 2.75) is 51.7 Å². The number of phenolic OH excluding ortho intramolecular Hbond substituents is 1. The van der Waals surface area contributed by atoms with E-state index in [0.29, 0.717) is 49.8 Å². The number of imide groups is 1. The van der Waals surface area contributed by atoms with Gasteiger partial charge in [0.05, 0.1) is 54.0 Å². The van der Waals surface area contributed by atoms with Crippen LogP contribution in [0.1, 0.15) is 42.1 Å². The molecule has 18 heteroatoms. The van der Waals surface area contributed by atoms with E-state index in [1.165, 1.54) is 37.7 Å². The first-order chi connectivity index (χ1) is 32.2. The second-order valence-electron chi connectivity index (χ2n) is 17.6. The van der Waals surface area contributed by atoms with Gasteiger partial charge >= 0.3 is 11.4 Å². The van der Waals surface area contributed by atoms with Crippen LogP contribution in [0, 0.1) is 18.3 Å². The fourth-order valence-electron chi connectivity index (χ4n) is 10.9. The number of allylic oxidation sites excluding steroid dienone is 2. The summed E-state index contributed by atoms with van der Waals surface area (Å²) in [6.07, 6.45) is 1.82. The average molecular weight is 939 g/mol. The molecule has 340 valence electrons. The molecule has 2 amide bonds. The number of amides is 2. The van der Waals surface area contributed by atoms with Crippen molar-refractivity contribution < 1.29 is 24.2 Å². The lowest BCUT2D eigenvalue weighted by atomic mass is 9.56. The van der Waals surface area contributed by atoms with Gasteiger partial charge in [-0.05, 0) is 71.8 Å². The molecule has 4 aromatic heterocycles. The topological polar surface area (TPSA) is 178 Å². The maximum absolute atomic E-state index is 15.5. The van der Waals surface area contributed by atoms with Crippen LogP contribution in [0.25, 0.3) is 42.5 Å². The van der Waals surface area contributed by atoms with Gasteiger partial charge in [0.15, 0.2) is 11.5 Å². The number of ether oxygens (including phenoxy) is 2. The molecule has 2 fully saturated rings. The number of carbonyl (C=O) groups is 2. The molecule has 0 spiro atoms. The predicted octanol–water partition coefficient (Wildman–Crippen LogP) is 6.62. The average Bonchev–Trinajstić information content (AvgIpc) is 3.99. The van der Waals surface area contributed by atoms with Crippen molar-refractivity contribution in [3.05, 3.63) is 138 Å². The number of benzene rings is 4. The molecule has 16 nitrogen and oxygen atoms in total. The summed E-state index contributed by atoms with van der Waals surface area (Å²) in [6, 6.07) is 20.8. The molecule has 1 aliphatic carbocycles. The molecule has 1 saturated carbocycles. The summed E-state index contributed by atoms with van der Waals surface area (Å²) >= 11 is 7.90. The number of fused-ring (bicyclic) bond motifs is 7. The summed E-state index contributed by atoms with van der Waals surface area (Å²) in [5.74, 6) is -1.81. The van der Waals surface area contributed by atoms with Crippen molar-refractivity contribution in [3.63, 3.8) is 0 Å². The summed E-state index contributed by atoms with van der Waals surface area (Å²) in [7, 11) is 6.30. The van der Waals surface area contributed by atoms with Crippen molar-refractivity contribution in [1.29, 1.82) is 0 Å². The molecule has 1 N–H and O–H groups in total. The summed E-state index contributed by atoms with van der Waals surface area (Å²) in [4.78, 5) is 80.1. The Morgan fingerprint density at radius 3 is 2.46 bits per heavy atom. The van der Waals surface area contributed by atoms with Gasteiger partial charge in [0.2, 0.25) is 11.8 Å². The minimum atomic E-state index is -1.46. The molecule has 4 unspecified atom stereocenters. The van der Waals surface area contributed by atoms with E-state index in [-0.39, 0.29) is 43.2 Å². The molecule has 4 aromatic carbocycles. The standard InChI is InChI=1S/C49H43ClN8O8S/c1-24-29-19-26(50)12-14-39(29)67-43(24)33-22-40(54(4)52-33)57-44(60)30-20-34-28(42(49(30,2)46(57)62)41-27-10-8-7-9-25(27)11-13-36(41)59)15-18-56-47(63)55(48(64)58(34)56)17-16-31-45(61)53(3)35-23-38(66-6)37(65-5)21-32(35)51-31/h7-15,19,21-23,30,34,42,59H,16-18,20H2,1-6H3. The number of carbonyl (C=O) groups excluding carboxylic acids is 2. The number of phenols is 1. The molecule has 2 aliphatic heterocycles. The van der Waals surface area contributed by atoms with E-state index in [1.807, 2.05) is 55.5 Å². The van der Waals surface area contributed by atoms with Crippen LogP contribution in [-0.2, 0) is 43.2 Å². The number of aromatic nitrogens is 7. The summed E-state index contributed by atoms with van der Waals surface area (Å²) in [5.41, 5.74) is 0.651. The summed E-state index contributed by atoms with van der Waals surface area (Å²) in [6.45, 7) is 3.58. The Balaban J connectivity index is 1.02. The third-order valence-corrected chi connectivity index (χ3v) is 15.8. The maximum Gasteiger partial charge on any atom is 0.347 e. The molecule has 1 saturated heterocycles. The number of nitrogens with zero attached hydrogens (tertiary/aromatic N) is 8. The fraction of sp³-hybridized carbons (Fsp3) is 0.286. The smallest absolute Gasteiger partial charge is 0.347 e. The summed E-state index contributed by atoms with van der Waals surface area (Å²) in [5, 5.41) is 19.8. The number of aromatic hydroxyl groups is 1. The highest BCUT2D eigenvalue weighted by molar-refractivity contribution is 7.22. The minimum absolute atomic E-state index is 0.00769. The molecule has 0 radical (unpaired) electrons. The zero-order chi connectivity index (χ0) is 47.0. The first-order valence-electron chi connectivity index (χ1n) is 21.7. The third-order valence-electron chi connectivity index (χ3n) is 14.3. The van der Waals surface area contributed by atoms with Crippen LogP contribution in [0.15, 0.2) is 98.8 Å². The molecule has 11 rings (SSSR count). The Hall–Kier alpha value is -7.24. The van der Waals surface area contributed by atoms with Gasteiger partial charge in [-0.25, -0.2) is 33.4 Å². The Bertz CT molecular complexity index is 3710. The minimum Gasteiger partial charge on any atom is -0.508 e.